The Kier molecular flexibility index (Phi) is 4.46. The second kappa shape index (κ2) is 4.91. The SMILES string of the molecule is C=CC(CC=O)C(=O)CC. The minimum atomic E-state index is -0.262. The van der Waals surface area contributed by atoms with Crippen molar-refractivity contribution in [1.82, 2.24) is 0 Å². The molecule has 0 saturated carbocycles. The first-order chi connectivity index (χ1) is 4.76. The summed E-state index contributed by atoms with van der Waals surface area (Å²) in [5.41, 5.74) is 0. The van der Waals surface area contributed by atoms with Crippen molar-refractivity contribution in [3.8, 4) is 0 Å². The summed E-state index contributed by atoms with van der Waals surface area (Å²) in [7, 11) is 0. The molecule has 0 bridgehead atoms. The Labute approximate surface area is 60.9 Å². The molecule has 0 rings (SSSR count). The molecule has 0 saturated heterocycles. The molecule has 0 radical (unpaired) electrons. The lowest BCUT2D eigenvalue weighted by Crippen LogP contribution is -2.10. The Bertz CT molecular complexity index is 138. The van der Waals surface area contributed by atoms with Crippen molar-refractivity contribution in [1.29, 1.82) is 0 Å². The molecule has 1 atom stereocenters. The van der Waals surface area contributed by atoms with Gasteiger partial charge in [-0.05, 0) is 0 Å². The van der Waals surface area contributed by atoms with Crippen molar-refractivity contribution in [3.05, 3.63) is 12.7 Å². The summed E-state index contributed by atoms with van der Waals surface area (Å²) in [5, 5.41) is 0. The van der Waals surface area contributed by atoms with Crippen LogP contribution in [0.25, 0.3) is 0 Å². The molecule has 0 aliphatic carbocycles. The average Bonchev–Trinajstić information content (AvgIpc) is 1.99. The van der Waals surface area contributed by atoms with Gasteiger partial charge in [0, 0.05) is 18.8 Å². The maximum atomic E-state index is 10.9. The summed E-state index contributed by atoms with van der Waals surface area (Å²) < 4.78 is 0. The Morgan fingerprint density at radius 1 is 1.70 bits per heavy atom. The fourth-order valence-corrected chi connectivity index (χ4v) is 0.725. The zero-order chi connectivity index (χ0) is 7.98. The monoisotopic (exact) mass is 140 g/mol. The summed E-state index contributed by atoms with van der Waals surface area (Å²) in [4.78, 5) is 20.9. The second-order valence-corrected chi connectivity index (χ2v) is 2.06. The largest absolute Gasteiger partial charge is 0.303 e. The normalized spacial score (nSPS) is 12.1. The fourth-order valence-electron chi connectivity index (χ4n) is 0.725. The molecule has 0 aliphatic heterocycles. The van der Waals surface area contributed by atoms with Gasteiger partial charge in [-0.1, -0.05) is 13.0 Å². The topological polar surface area (TPSA) is 34.1 Å². The fraction of sp³-hybridized carbons (Fsp3) is 0.500. The van der Waals surface area contributed by atoms with Gasteiger partial charge in [-0.3, -0.25) is 4.79 Å². The highest BCUT2D eigenvalue weighted by atomic mass is 16.1. The van der Waals surface area contributed by atoms with E-state index in [4.69, 9.17) is 0 Å². The minimum Gasteiger partial charge on any atom is -0.303 e. The molecule has 0 amide bonds. The molecule has 0 aromatic carbocycles. The molecule has 56 valence electrons. The van der Waals surface area contributed by atoms with E-state index in [1.165, 1.54) is 6.08 Å². The van der Waals surface area contributed by atoms with Gasteiger partial charge in [0.25, 0.3) is 0 Å². The number of hydrogen-bond donors (Lipinski definition) is 0. The molecule has 0 heterocycles. The molecule has 0 aliphatic rings. The number of ketones is 1. The van der Waals surface area contributed by atoms with Crippen LogP contribution in [0.1, 0.15) is 19.8 Å². The van der Waals surface area contributed by atoms with Crippen LogP contribution in [-0.2, 0) is 9.59 Å². The van der Waals surface area contributed by atoms with E-state index in [9.17, 15) is 9.59 Å². The van der Waals surface area contributed by atoms with E-state index in [0.29, 0.717) is 6.42 Å². The third kappa shape index (κ3) is 2.58. The zero-order valence-corrected chi connectivity index (χ0v) is 6.17. The Morgan fingerprint density at radius 3 is 2.60 bits per heavy atom. The van der Waals surface area contributed by atoms with Crippen molar-refractivity contribution in [3.63, 3.8) is 0 Å². The highest BCUT2D eigenvalue weighted by Crippen LogP contribution is 2.05. The smallest absolute Gasteiger partial charge is 0.139 e. The van der Waals surface area contributed by atoms with Crippen LogP contribution in [0.5, 0.6) is 0 Å². The quantitative estimate of drug-likeness (QED) is 0.426. The van der Waals surface area contributed by atoms with E-state index in [-0.39, 0.29) is 18.1 Å². The van der Waals surface area contributed by atoms with E-state index >= 15 is 0 Å². The summed E-state index contributed by atoms with van der Waals surface area (Å²) in [6.07, 6.45) is 3.03. The molecule has 1 unspecified atom stereocenters. The number of carbonyl (C=O) groups excluding carboxylic acids is 2. The van der Waals surface area contributed by atoms with Gasteiger partial charge in [0.1, 0.15) is 12.1 Å². The Morgan fingerprint density at radius 2 is 2.30 bits per heavy atom. The van der Waals surface area contributed by atoms with Crippen LogP contribution in [0, 0.1) is 5.92 Å². The summed E-state index contributed by atoms with van der Waals surface area (Å²) >= 11 is 0. The molecule has 2 heteroatoms. The molecule has 0 N–H and O–H groups in total. The molecular formula is C8H12O2. The minimum absolute atomic E-state index is 0.0853. The molecule has 0 spiro atoms. The van der Waals surface area contributed by atoms with Gasteiger partial charge in [-0.15, -0.1) is 6.58 Å². The summed E-state index contributed by atoms with van der Waals surface area (Å²) in [5.74, 6) is -0.176. The molecule has 2 nitrogen and oxygen atoms in total. The molecule has 0 aromatic heterocycles. The molecule has 0 aromatic rings. The highest BCUT2D eigenvalue weighted by molar-refractivity contribution is 5.84. The van der Waals surface area contributed by atoms with E-state index in [2.05, 4.69) is 6.58 Å². The number of Topliss-reactive ketones (excluding diaryl/α,β-unsaturated/α-hetero) is 1. The zero-order valence-electron chi connectivity index (χ0n) is 6.17. The van der Waals surface area contributed by atoms with Crippen LogP contribution in [0.4, 0.5) is 0 Å². The van der Waals surface area contributed by atoms with Crippen molar-refractivity contribution in [2.45, 2.75) is 19.8 Å². The average molecular weight is 140 g/mol. The van der Waals surface area contributed by atoms with E-state index < -0.39 is 0 Å². The molecular weight excluding hydrogens is 128 g/mol. The lowest BCUT2D eigenvalue weighted by Gasteiger charge is -2.03. The van der Waals surface area contributed by atoms with Gasteiger partial charge >= 0.3 is 0 Å². The highest BCUT2D eigenvalue weighted by Gasteiger charge is 2.10. The van der Waals surface area contributed by atoms with Crippen LogP contribution < -0.4 is 0 Å². The number of allylic oxidation sites excluding steroid dienone is 1. The van der Waals surface area contributed by atoms with Crippen LogP contribution in [0.2, 0.25) is 0 Å². The molecule has 10 heavy (non-hydrogen) atoms. The summed E-state index contributed by atoms with van der Waals surface area (Å²) in [6.45, 7) is 5.25. The van der Waals surface area contributed by atoms with E-state index in [1.807, 2.05) is 0 Å². The number of rotatable bonds is 5. The lowest BCUT2D eigenvalue weighted by atomic mass is 10.00. The van der Waals surface area contributed by atoms with Crippen LogP contribution in [0.3, 0.4) is 0 Å². The van der Waals surface area contributed by atoms with E-state index in [0.717, 1.165) is 6.29 Å². The number of aldehydes is 1. The third-order valence-corrected chi connectivity index (χ3v) is 1.40. The predicted octanol–water partition coefficient (Wildman–Crippen LogP) is 1.36. The number of carbonyl (C=O) groups is 2. The number of hydrogen-bond acceptors (Lipinski definition) is 2. The lowest BCUT2D eigenvalue weighted by molar-refractivity contribution is -0.123. The maximum absolute atomic E-state index is 10.9. The first-order valence-corrected chi connectivity index (χ1v) is 3.35. The maximum Gasteiger partial charge on any atom is 0.139 e. The van der Waals surface area contributed by atoms with Gasteiger partial charge in [0.15, 0.2) is 0 Å². The van der Waals surface area contributed by atoms with Gasteiger partial charge in [0.05, 0.1) is 0 Å². The molecule has 0 fully saturated rings. The first kappa shape index (κ1) is 9.08. The first-order valence-electron chi connectivity index (χ1n) is 3.35. The van der Waals surface area contributed by atoms with E-state index in [1.54, 1.807) is 6.92 Å². The second-order valence-electron chi connectivity index (χ2n) is 2.06. The van der Waals surface area contributed by atoms with Crippen LogP contribution >= 0.6 is 0 Å². The van der Waals surface area contributed by atoms with Crippen molar-refractivity contribution in [2.75, 3.05) is 0 Å². The summed E-state index contributed by atoms with van der Waals surface area (Å²) in [6, 6.07) is 0. The van der Waals surface area contributed by atoms with Gasteiger partial charge in [-0.25, -0.2) is 0 Å². The van der Waals surface area contributed by atoms with Gasteiger partial charge < -0.3 is 4.79 Å². The van der Waals surface area contributed by atoms with Crippen LogP contribution in [0.15, 0.2) is 12.7 Å². The van der Waals surface area contributed by atoms with Gasteiger partial charge in [0.2, 0.25) is 0 Å². The van der Waals surface area contributed by atoms with Crippen LogP contribution in [-0.4, -0.2) is 12.1 Å². The van der Waals surface area contributed by atoms with Crippen molar-refractivity contribution in [2.24, 2.45) is 5.92 Å². The Hall–Kier alpha value is -0.920. The standard InChI is InChI=1S/C8H12O2/c1-3-7(5-6-9)8(10)4-2/h3,6-7H,1,4-5H2,2H3. The van der Waals surface area contributed by atoms with Gasteiger partial charge in [-0.2, -0.15) is 0 Å². The van der Waals surface area contributed by atoms with Crippen molar-refractivity contribution >= 4 is 12.1 Å². The third-order valence-electron chi connectivity index (χ3n) is 1.40. The predicted molar refractivity (Wildman–Crippen MR) is 39.7 cm³/mol. The Balaban J connectivity index is 3.91. The van der Waals surface area contributed by atoms with Crippen molar-refractivity contribution < 1.29 is 9.59 Å².